The third-order valence-electron chi connectivity index (χ3n) is 5.73. The zero-order valence-electron chi connectivity index (χ0n) is 16.4. The van der Waals surface area contributed by atoms with Gasteiger partial charge in [0.15, 0.2) is 11.4 Å². The molecule has 0 radical (unpaired) electrons. The highest BCUT2D eigenvalue weighted by atomic mass is 16.5. The highest BCUT2D eigenvalue weighted by Gasteiger charge is 2.31. The number of methoxy groups -OCH3 is 1. The summed E-state index contributed by atoms with van der Waals surface area (Å²) in [6, 6.07) is 18.1. The first kappa shape index (κ1) is 17.6. The molecule has 2 heterocycles. The lowest BCUT2D eigenvalue weighted by Gasteiger charge is -2.25. The number of fused-ring (bicyclic) bond motifs is 3. The van der Waals surface area contributed by atoms with Gasteiger partial charge in [-0.2, -0.15) is 5.10 Å². The monoisotopic (exact) mass is 383 g/mol. The number of ketones is 1. The summed E-state index contributed by atoms with van der Waals surface area (Å²) >= 11 is 0. The number of hydrogen-bond donors (Lipinski definition) is 0. The Morgan fingerprint density at radius 2 is 1.79 bits per heavy atom. The Kier molecular flexibility index (Phi) is 4.16. The summed E-state index contributed by atoms with van der Waals surface area (Å²) in [7, 11) is 1.67. The van der Waals surface area contributed by atoms with Gasteiger partial charge in [-0.05, 0) is 30.5 Å². The Morgan fingerprint density at radius 1 is 1.03 bits per heavy atom. The number of aromatic nitrogens is 3. The van der Waals surface area contributed by atoms with Gasteiger partial charge in [0.05, 0.1) is 24.1 Å². The number of benzene rings is 2. The number of rotatable bonds is 3. The van der Waals surface area contributed by atoms with Crippen molar-refractivity contribution in [1.29, 1.82) is 0 Å². The molecular weight excluding hydrogens is 362 g/mol. The number of ether oxygens (including phenoxy) is 1. The van der Waals surface area contributed by atoms with E-state index in [1.54, 1.807) is 13.3 Å². The fraction of sp³-hybridized carbons (Fsp3) is 0.208. The lowest BCUT2D eigenvalue weighted by molar-refractivity contribution is 0.0961. The van der Waals surface area contributed by atoms with E-state index in [2.05, 4.69) is 17.1 Å². The normalized spacial score (nSPS) is 16.1. The van der Waals surface area contributed by atoms with E-state index in [1.165, 1.54) is 0 Å². The van der Waals surface area contributed by atoms with Crippen molar-refractivity contribution in [2.75, 3.05) is 7.11 Å². The summed E-state index contributed by atoms with van der Waals surface area (Å²) in [6.07, 6.45) is 2.89. The minimum absolute atomic E-state index is 0.0569. The van der Waals surface area contributed by atoms with E-state index >= 15 is 0 Å². The number of hydrogen-bond acceptors (Lipinski definition) is 4. The molecule has 144 valence electrons. The predicted octanol–water partition coefficient (Wildman–Crippen LogP) is 4.63. The molecule has 1 unspecified atom stereocenters. The Balaban J connectivity index is 1.67. The van der Waals surface area contributed by atoms with E-state index < -0.39 is 0 Å². The van der Waals surface area contributed by atoms with Crippen LogP contribution in [-0.4, -0.2) is 27.5 Å². The molecule has 0 bridgehead atoms. The van der Waals surface area contributed by atoms with Crippen molar-refractivity contribution in [2.24, 2.45) is 0 Å². The average Bonchev–Trinajstić information content (AvgIpc) is 3.10. The van der Waals surface area contributed by atoms with Crippen molar-refractivity contribution in [1.82, 2.24) is 14.6 Å². The van der Waals surface area contributed by atoms with Crippen LogP contribution >= 0.6 is 0 Å². The van der Waals surface area contributed by atoms with Crippen LogP contribution in [0.15, 0.2) is 60.8 Å². The van der Waals surface area contributed by atoms with Crippen LogP contribution in [-0.2, 0) is 6.42 Å². The number of aryl methyl sites for hydroxylation is 1. The lowest BCUT2D eigenvalue weighted by Crippen LogP contribution is -2.22. The summed E-state index contributed by atoms with van der Waals surface area (Å²) < 4.78 is 7.41. The van der Waals surface area contributed by atoms with Crippen molar-refractivity contribution in [3.63, 3.8) is 0 Å². The van der Waals surface area contributed by atoms with Crippen LogP contribution in [0.1, 0.15) is 39.6 Å². The fourth-order valence-electron chi connectivity index (χ4n) is 4.37. The molecule has 5 rings (SSSR count). The molecule has 4 aromatic rings. The molecule has 0 aliphatic heterocycles. The van der Waals surface area contributed by atoms with Crippen molar-refractivity contribution in [2.45, 2.75) is 25.7 Å². The second-order valence-electron chi connectivity index (χ2n) is 7.45. The quantitative estimate of drug-likeness (QED) is 0.518. The largest absolute Gasteiger partial charge is 0.496 e. The number of carbonyl (C=O) groups excluding carboxylic acids is 1. The van der Waals surface area contributed by atoms with Gasteiger partial charge >= 0.3 is 0 Å². The highest BCUT2D eigenvalue weighted by molar-refractivity contribution is 5.99. The molecule has 29 heavy (non-hydrogen) atoms. The molecule has 1 atom stereocenters. The molecule has 0 saturated carbocycles. The second-order valence-corrected chi connectivity index (χ2v) is 7.45. The smallest absolute Gasteiger partial charge is 0.166 e. The van der Waals surface area contributed by atoms with Gasteiger partial charge in [0, 0.05) is 24.1 Å². The first-order valence-corrected chi connectivity index (χ1v) is 9.76. The maximum Gasteiger partial charge on any atom is 0.166 e. The topological polar surface area (TPSA) is 56.5 Å². The molecule has 5 heteroatoms. The predicted molar refractivity (Wildman–Crippen MR) is 112 cm³/mol. The minimum Gasteiger partial charge on any atom is -0.496 e. The van der Waals surface area contributed by atoms with E-state index in [1.807, 2.05) is 53.9 Å². The highest BCUT2D eigenvalue weighted by Crippen LogP contribution is 2.38. The summed E-state index contributed by atoms with van der Waals surface area (Å²) in [6.45, 7) is 1.99. The summed E-state index contributed by atoms with van der Waals surface area (Å²) in [5, 5.41) is 4.78. The van der Waals surface area contributed by atoms with Gasteiger partial charge in [-0.15, -0.1) is 0 Å². The Bertz CT molecular complexity index is 1230. The zero-order chi connectivity index (χ0) is 20.0. The standard InChI is InChI=1S/C24H21N3O2/c1-15-23(16-8-4-3-5-9-16)24-25-14-19-20(27(24)26-15)12-17(13-21(19)28)18-10-6-7-11-22(18)29-2/h3-11,14,17H,12-13H2,1-2H3. The van der Waals surface area contributed by atoms with Crippen LogP contribution in [0.3, 0.4) is 0 Å². The van der Waals surface area contributed by atoms with Crippen molar-refractivity contribution < 1.29 is 9.53 Å². The van der Waals surface area contributed by atoms with E-state index in [9.17, 15) is 4.79 Å². The average molecular weight is 383 g/mol. The number of nitrogens with zero attached hydrogens (tertiary/aromatic N) is 3. The summed E-state index contributed by atoms with van der Waals surface area (Å²) in [4.78, 5) is 17.6. The fourth-order valence-corrected chi connectivity index (χ4v) is 4.37. The van der Waals surface area contributed by atoms with Gasteiger partial charge in [-0.1, -0.05) is 48.5 Å². The molecule has 0 spiro atoms. The third kappa shape index (κ3) is 2.81. The van der Waals surface area contributed by atoms with Gasteiger partial charge in [0.25, 0.3) is 0 Å². The van der Waals surface area contributed by atoms with Crippen molar-refractivity contribution >= 4 is 11.4 Å². The minimum atomic E-state index is 0.0569. The number of para-hydroxylation sites is 1. The Labute approximate surface area is 169 Å². The molecule has 5 nitrogen and oxygen atoms in total. The van der Waals surface area contributed by atoms with E-state index in [4.69, 9.17) is 9.84 Å². The summed E-state index contributed by atoms with van der Waals surface area (Å²) in [5.74, 6) is 0.980. The molecule has 1 aliphatic carbocycles. The van der Waals surface area contributed by atoms with Gasteiger partial charge < -0.3 is 4.74 Å². The molecule has 0 amide bonds. The molecule has 0 fully saturated rings. The zero-order valence-corrected chi connectivity index (χ0v) is 16.4. The third-order valence-corrected chi connectivity index (χ3v) is 5.73. The van der Waals surface area contributed by atoms with Crippen LogP contribution in [0, 0.1) is 6.92 Å². The van der Waals surface area contributed by atoms with E-state index in [0.29, 0.717) is 12.0 Å². The van der Waals surface area contributed by atoms with Crippen LogP contribution in [0.4, 0.5) is 0 Å². The van der Waals surface area contributed by atoms with Gasteiger partial charge in [-0.25, -0.2) is 9.50 Å². The number of carbonyl (C=O) groups is 1. The van der Waals surface area contributed by atoms with Gasteiger partial charge in [0.2, 0.25) is 0 Å². The molecule has 2 aromatic heterocycles. The maximum atomic E-state index is 13.0. The first-order valence-electron chi connectivity index (χ1n) is 9.76. The van der Waals surface area contributed by atoms with Gasteiger partial charge in [-0.3, -0.25) is 4.79 Å². The van der Waals surface area contributed by atoms with E-state index in [0.717, 1.165) is 45.9 Å². The molecule has 2 aromatic carbocycles. The van der Waals surface area contributed by atoms with Crippen LogP contribution in [0.25, 0.3) is 16.8 Å². The molecule has 0 saturated heterocycles. The summed E-state index contributed by atoms with van der Waals surface area (Å²) in [5.41, 5.74) is 6.45. The Morgan fingerprint density at radius 3 is 2.59 bits per heavy atom. The lowest BCUT2D eigenvalue weighted by atomic mass is 9.81. The van der Waals surface area contributed by atoms with E-state index in [-0.39, 0.29) is 11.7 Å². The first-order chi connectivity index (χ1) is 14.2. The van der Waals surface area contributed by atoms with Crippen LogP contribution in [0.2, 0.25) is 0 Å². The van der Waals surface area contributed by atoms with Crippen molar-refractivity contribution in [3.8, 4) is 16.9 Å². The second kappa shape index (κ2) is 6.85. The van der Waals surface area contributed by atoms with Gasteiger partial charge in [0.1, 0.15) is 5.75 Å². The van der Waals surface area contributed by atoms with Crippen LogP contribution < -0.4 is 4.74 Å². The van der Waals surface area contributed by atoms with Crippen LogP contribution in [0.5, 0.6) is 5.75 Å². The molecular formula is C24H21N3O2. The number of Topliss-reactive ketones (excluding diaryl/α,β-unsaturated/α-hetero) is 1. The maximum absolute atomic E-state index is 13.0. The molecule has 0 N–H and O–H groups in total. The SMILES string of the molecule is COc1ccccc1C1CC(=O)c2cnc3c(-c4ccccc4)c(C)nn3c2C1. The van der Waals surface area contributed by atoms with Crippen molar-refractivity contribution in [3.05, 3.63) is 83.3 Å². The molecule has 1 aliphatic rings. The Hall–Kier alpha value is -3.47.